The molecule has 0 unspecified atom stereocenters. The second kappa shape index (κ2) is 6.18. The standard InChI is InChI=1S/C10H9F3INO2/c1-2-17-7(16)3-5-8(11)6(9(12)13)4-15-10(5)14/h4,9H,2-3H2,1H3. The SMILES string of the molecule is CCOC(=O)Cc1c(I)ncc(C(F)F)c1F. The van der Waals surface area contributed by atoms with E-state index in [0.717, 1.165) is 6.20 Å². The number of hydrogen-bond acceptors (Lipinski definition) is 3. The van der Waals surface area contributed by atoms with E-state index in [9.17, 15) is 18.0 Å². The Hall–Kier alpha value is -0.860. The van der Waals surface area contributed by atoms with Gasteiger partial charge >= 0.3 is 5.97 Å². The van der Waals surface area contributed by atoms with Gasteiger partial charge in [-0.2, -0.15) is 0 Å². The van der Waals surface area contributed by atoms with Gasteiger partial charge in [-0.1, -0.05) is 0 Å². The second-order valence-electron chi connectivity index (χ2n) is 3.08. The first kappa shape index (κ1) is 14.2. The van der Waals surface area contributed by atoms with E-state index in [1.807, 2.05) is 0 Å². The summed E-state index contributed by atoms with van der Waals surface area (Å²) in [5.41, 5.74) is -0.952. The highest BCUT2D eigenvalue weighted by Gasteiger charge is 2.21. The van der Waals surface area contributed by atoms with Gasteiger partial charge in [-0.25, -0.2) is 18.2 Å². The van der Waals surface area contributed by atoms with Gasteiger partial charge in [0.25, 0.3) is 6.43 Å². The van der Waals surface area contributed by atoms with Crippen molar-refractivity contribution in [1.82, 2.24) is 4.98 Å². The molecule has 0 saturated heterocycles. The number of nitrogens with zero attached hydrogens (tertiary/aromatic N) is 1. The van der Waals surface area contributed by atoms with Crippen LogP contribution in [-0.4, -0.2) is 17.6 Å². The van der Waals surface area contributed by atoms with Crippen LogP contribution < -0.4 is 0 Å². The Balaban J connectivity index is 3.05. The molecular formula is C10H9F3INO2. The normalized spacial score (nSPS) is 10.7. The molecule has 3 nitrogen and oxygen atoms in total. The highest BCUT2D eigenvalue weighted by atomic mass is 127. The molecule has 0 radical (unpaired) electrons. The van der Waals surface area contributed by atoms with Crippen molar-refractivity contribution in [3.8, 4) is 0 Å². The topological polar surface area (TPSA) is 39.2 Å². The molecule has 0 atom stereocenters. The number of pyridine rings is 1. The van der Waals surface area contributed by atoms with Gasteiger partial charge in [-0.3, -0.25) is 4.79 Å². The van der Waals surface area contributed by atoms with Crippen molar-refractivity contribution in [3.63, 3.8) is 0 Å². The molecule has 0 aliphatic heterocycles. The maximum absolute atomic E-state index is 13.7. The molecule has 1 heterocycles. The van der Waals surface area contributed by atoms with E-state index >= 15 is 0 Å². The van der Waals surface area contributed by atoms with Crippen molar-refractivity contribution in [2.75, 3.05) is 6.61 Å². The molecular weight excluding hydrogens is 350 g/mol. The zero-order valence-electron chi connectivity index (χ0n) is 8.84. The largest absolute Gasteiger partial charge is 0.466 e. The second-order valence-corrected chi connectivity index (χ2v) is 4.10. The molecule has 0 aliphatic carbocycles. The van der Waals surface area contributed by atoms with Crippen LogP contribution >= 0.6 is 22.6 Å². The molecule has 0 N–H and O–H groups in total. The van der Waals surface area contributed by atoms with Crippen LogP contribution in [0.1, 0.15) is 24.5 Å². The number of carbonyl (C=O) groups is 1. The van der Waals surface area contributed by atoms with Crippen molar-refractivity contribution < 1.29 is 22.7 Å². The molecule has 94 valence electrons. The Morgan fingerprint density at radius 1 is 1.59 bits per heavy atom. The van der Waals surface area contributed by atoms with Gasteiger partial charge in [0.15, 0.2) is 0 Å². The summed E-state index contributed by atoms with van der Waals surface area (Å²) >= 11 is 1.68. The molecule has 0 spiro atoms. The van der Waals surface area contributed by atoms with Gasteiger partial charge in [0, 0.05) is 11.8 Å². The summed E-state index contributed by atoms with van der Waals surface area (Å²) in [5.74, 6) is -1.76. The van der Waals surface area contributed by atoms with Gasteiger partial charge < -0.3 is 4.74 Å². The summed E-state index contributed by atoms with van der Waals surface area (Å²) in [6.45, 7) is 1.76. The van der Waals surface area contributed by atoms with E-state index in [-0.39, 0.29) is 15.9 Å². The number of carbonyl (C=O) groups excluding carboxylic acids is 1. The minimum atomic E-state index is -2.96. The zero-order valence-corrected chi connectivity index (χ0v) is 11.0. The van der Waals surface area contributed by atoms with Crippen LogP contribution in [0.25, 0.3) is 0 Å². The fourth-order valence-corrected chi connectivity index (χ4v) is 1.75. The molecule has 1 rings (SSSR count). The summed E-state index contributed by atoms with van der Waals surface area (Å²) in [6, 6.07) is 0. The average Bonchev–Trinajstić information content (AvgIpc) is 2.24. The maximum atomic E-state index is 13.7. The van der Waals surface area contributed by atoms with Crippen molar-refractivity contribution in [3.05, 3.63) is 26.8 Å². The van der Waals surface area contributed by atoms with Gasteiger partial charge in [-0.15, -0.1) is 0 Å². The Morgan fingerprint density at radius 3 is 2.76 bits per heavy atom. The third-order valence-electron chi connectivity index (χ3n) is 1.95. The lowest BCUT2D eigenvalue weighted by Gasteiger charge is -2.08. The van der Waals surface area contributed by atoms with Gasteiger partial charge in [0.1, 0.15) is 9.52 Å². The van der Waals surface area contributed by atoms with E-state index < -0.39 is 30.2 Å². The molecule has 0 aromatic carbocycles. The predicted molar refractivity (Wildman–Crippen MR) is 62.2 cm³/mol. The number of ether oxygens (including phenoxy) is 1. The maximum Gasteiger partial charge on any atom is 0.310 e. The van der Waals surface area contributed by atoms with Crippen LogP contribution in [-0.2, 0) is 16.0 Å². The Kier molecular flexibility index (Phi) is 5.16. The summed E-state index contributed by atoms with van der Waals surface area (Å²) in [6.07, 6.45) is -2.58. The fraction of sp³-hybridized carbons (Fsp3) is 0.400. The fourth-order valence-electron chi connectivity index (χ4n) is 1.18. The summed E-state index contributed by atoms with van der Waals surface area (Å²) in [7, 11) is 0. The van der Waals surface area contributed by atoms with E-state index in [4.69, 9.17) is 0 Å². The molecule has 17 heavy (non-hydrogen) atoms. The molecule has 1 aromatic heterocycles. The van der Waals surface area contributed by atoms with Crippen LogP contribution in [0, 0.1) is 9.52 Å². The minimum Gasteiger partial charge on any atom is -0.466 e. The van der Waals surface area contributed by atoms with Crippen LogP contribution in [0.4, 0.5) is 13.2 Å². The van der Waals surface area contributed by atoms with Gasteiger partial charge in [-0.05, 0) is 29.5 Å². The Bertz CT molecular complexity index is 426. The number of esters is 1. The minimum absolute atomic E-state index is 0.151. The predicted octanol–water partition coefficient (Wildman–Crippen LogP) is 2.87. The lowest BCUT2D eigenvalue weighted by atomic mass is 10.1. The average molecular weight is 359 g/mol. The number of hydrogen-bond donors (Lipinski definition) is 0. The molecule has 0 aliphatic rings. The first-order valence-corrected chi connectivity index (χ1v) is 5.81. The van der Waals surface area contributed by atoms with Crippen molar-refractivity contribution >= 4 is 28.6 Å². The smallest absolute Gasteiger partial charge is 0.310 e. The lowest BCUT2D eigenvalue weighted by molar-refractivity contribution is -0.142. The third kappa shape index (κ3) is 3.55. The van der Waals surface area contributed by atoms with E-state index in [0.29, 0.717) is 0 Å². The van der Waals surface area contributed by atoms with E-state index in [1.165, 1.54) is 0 Å². The summed E-state index contributed by atoms with van der Waals surface area (Å²) in [5, 5.41) is 0. The highest BCUT2D eigenvalue weighted by Crippen LogP contribution is 2.26. The molecule has 0 fully saturated rings. The van der Waals surface area contributed by atoms with E-state index in [2.05, 4.69) is 9.72 Å². The molecule has 7 heteroatoms. The van der Waals surface area contributed by atoms with Crippen LogP contribution in [0.2, 0.25) is 0 Å². The summed E-state index contributed by atoms with van der Waals surface area (Å²) in [4.78, 5) is 14.8. The van der Waals surface area contributed by atoms with Crippen molar-refractivity contribution in [2.45, 2.75) is 19.8 Å². The van der Waals surface area contributed by atoms with Crippen molar-refractivity contribution in [1.29, 1.82) is 0 Å². The molecule has 0 amide bonds. The number of alkyl halides is 2. The van der Waals surface area contributed by atoms with Gasteiger partial charge in [0.2, 0.25) is 0 Å². The van der Waals surface area contributed by atoms with Crippen LogP contribution in [0.5, 0.6) is 0 Å². The first-order chi connectivity index (χ1) is 7.97. The quantitative estimate of drug-likeness (QED) is 0.472. The Labute approximate surface area is 110 Å². The first-order valence-electron chi connectivity index (χ1n) is 4.73. The zero-order chi connectivity index (χ0) is 13.0. The van der Waals surface area contributed by atoms with Crippen LogP contribution in [0.15, 0.2) is 6.20 Å². The molecule has 0 saturated carbocycles. The number of halogens is 4. The number of rotatable bonds is 4. The highest BCUT2D eigenvalue weighted by molar-refractivity contribution is 14.1. The lowest BCUT2D eigenvalue weighted by Crippen LogP contribution is -2.12. The monoisotopic (exact) mass is 359 g/mol. The summed E-state index contributed by atoms with van der Waals surface area (Å²) < 4.78 is 43.3. The van der Waals surface area contributed by atoms with Crippen molar-refractivity contribution in [2.24, 2.45) is 0 Å². The Morgan fingerprint density at radius 2 is 2.24 bits per heavy atom. The van der Waals surface area contributed by atoms with Crippen LogP contribution in [0.3, 0.4) is 0 Å². The van der Waals surface area contributed by atoms with E-state index in [1.54, 1.807) is 29.5 Å². The molecule has 1 aromatic rings. The number of aromatic nitrogens is 1. The molecule has 0 bridgehead atoms. The third-order valence-corrected chi connectivity index (χ3v) is 2.88. The van der Waals surface area contributed by atoms with Gasteiger partial charge in [0.05, 0.1) is 18.6 Å².